The third kappa shape index (κ3) is 3.11. The standard InChI is InChI=1S/C16H24O4/c1-5-7-8-9-13-11-16(14(17)19-3,15(18)20-4)10-12(13)6-2/h6,9,12H,2,5,7-8,10-11H2,1,3-4H3/b13-9-. The van der Waals surface area contributed by atoms with Crippen LogP contribution in [0.15, 0.2) is 24.3 Å². The molecule has 1 aliphatic carbocycles. The first-order valence-electron chi connectivity index (χ1n) is 7.04. The molecule has 0 saturated heterocycles. The average molecular weight is 280 g/mol. The summed E-state index contributed by atoms with van der Waals surface area (Å²) in [7, 11) is 2.60. The van der Waals surface area contributed by atoms with Gasteiger partial charge in [0.2, 0.25) is 0 Å². The van der Waals surface area contributed by atoms with Gasteiger partial charge in [-0.2, -0.15) is 0 Å². The van der Waals surface area contributed by atoms with Gasteiger partial charge < -0.3 is 9.47 Å². The van der Waals surface area contributed by atoms with E-state index in [1.807, 2.05) is 0 Å². The number of ether oxygens (including phenoxy) is 2. The van der Waals surface area contributed by atoms with Crippen LogP contribution in [0.3, 0.4) is 0 Å². The van der Waals surface area contributed by atoms with Crippen molar-refractivity contribution in [3.63, 3.8) is 0 Å². The van der Waals surface area contributed by atoms with E-state index in [-0.39, 0.29) is 5.92 Å². The zero-order chi connectivity index (χ0) is 15.2. The molecular formula is C16H24O4. The van der Waals surface area contributed by atoms with E-state index in [1.54, 1.807) is 6.08 Å². The van der Waals surface area contributed by atoms with E-state index in [2.05, 4.69) is 19.6 Å². The number of allylic oxidation sites excluding steroid dienone is 3. The lowest BCUT2D eigenvalue weighted by atomic mass is 9.85. The highest BCUT2D eigenvalue weighted by Crippen LogP contribution is 2.47. The number of hydrogen-bond acceptors (Lipinski definition) is 4. The number of hydrogen-bond donors (Lipinski definition) is 0. The van der Waals surface area contributed by atoms with Gasteiger partial charge in [0.1, 0.15) is 0 Å². The van der Waals surface area contributed by atoms with Gasteiger partial charge in [0.05, 0.1) is 14.2 Å². The van der Waals surface area contributed by atoms with E-state index in [0.717, 1.165) is 24.8 Å². The molecule has 0 aliphatic heterocycles. The third-order valence-corrected chi connectivity index (χ3v) is 3.95. The number of esters is 2. The molecule has 0 radical (unpaired) electrons. The lowest BCUT2D eigenvalue weighted by Gasteiger charge is -2.22. The van der Waals surface area contributed by atoms with Gasteiger partial charge in [-0.05, 0) is 25.2 Å². The van der Waals surface area contributed by atoms with Crippen LogP contribution in [0.2, 0.25) is 0 Å². The minimum absolute atomic E-state index is 0.0325. The van der Waals surface area contributed by atoms with Gasteiger partial charge >= 0.3 is 11.9 Å². The Bertz CT molecular complexity index is 393. The first-order chi connectivity index (χ1) is 9.55. The Labute approximate surface area is 120 Å². The minimum Gasteiger partial charge on any atom is -0.468 e. The Balaban J connectivity index is 3.05. The summed E-state index contributed by atoms with van der Waals surface area (Å²) in [5.74, 6) is -1.00. The fourth-order valence-electron chi connectivity index (χ4n) is 2.79. The highest BCUT2D eigenvalue weighted by molar-refractivity contribution is 6.01. The van der Waals surface area contributed by atoms with Gasteiger partial charge in [-0.3, -0.25) is 9.59 Å². The number of rotatable bonds is 6. The van der Waals surface area contributed by atoms with Crippen molar-refractivity contribution >= 4 is 11.9 Å². The third-order valence-electron chi connectivity index (χ3n) is 3.95. The van der Waals surface area contributed by atoms with Gasteiger partial charge in [0, 0.05) is 0 Å². The van der Waals surface area contributed by atoms with Crippen molar-refractivity contribution in [2.24, 2.45) is 11.3 Å². The predicted molar refractivity (Wildman–Crippen MR) is 77.0 cm³/mol. The maximum absolute atomic E-state index is 12.1. The van der Waals surface area contributed by atoms with Crippen molar-refractivity contribution in [3.05, 3.63) is 24.3 Å². The Hall–Kier alpha value is -1.58. The molecule has 1 saturated carbocycles. The van der Waals surface area contributed by atoms with Crippen molar-refractivity contribution in [1.82, 2.24) is 0 Å². The van der Waals surface area contributed by atoms with Crippen LogP contribution >= 0.6 is 0 Å². The fraction of sp³-hybridized carbons (Fsp3) is 0.625. The van der Waals surface area contributed by atoms with E-state index in [9.17, 15) is 9.59 Å². The molecule has 0 N–H and O–H groups in total. The fourth-order valence-corrected chi connectivity index (χ4v) is 2.79. The lowest BCUT2D eigenvalue weighted by molar-refractivity contribution is -0.168. The summed E-state index contributed by atoms with van der Waals surface area (Å²) in [5, 5.41) is 0. The van der Waals surface area contributed by atoms with Crippen LogP contribution in [0.1, 0.15) is 39.0 Å². The average Bonchev–Trinajstić information content (AvgIpc) is 2.86. The molecule has 20 heavy (non-hydrogen) atoms. The van der Waals surface area contributed by atoms with Crippen molar-refractivity contribution in [3.8, 4) is 0 Å². The summed E-state index contributed by atoms with van der Waals surface area (Å²) < 4.78 is 9.65. The molecule has 4 heteroatoms. The van der Waals surface area contributed by atoms with Crippen molar-refractivity contribution in [1.29, 1.82) is 0 Å². The van der Waals surface area contributed by atoms with Crippen LogP contribution in [0.4, 0.5) is 0 Å². The Morgan fingerprint density at radius 2 is 1.95 bits per heavy atom. The second kappa shape index (κ2) is 7.27. The summed E-state index contributed by atoms with van der Waals surface area (Å²) in [5.41, 5.74) is -0.121. The summed E-state index contributed by atoms with van der Waals surface area (Å²) in [6, 6.07) is 0. The summed E-state index contributed by atoms with van der Waals surface area (Å²) in [6.07, 6.45) is 7.84. The Morgan fingerprint density at radius 3 is 2.40 bits per heavy atom. The number of methoxy groups -OCH3 is 2. The maximum Gasteiger partial charge on any atom is 0.323 e. The Morgan fingerprint density at radius 1 is 1.35 bits per heavy atom. The summed E-state index contributed by atoms with van der Waals surface area (Å²) >= 11 is 0. The van der Waals surface area contributed by atoms with E-state index in [0.29, 0.717) is 12.8 Å². The van der Waals surface area contributed by atoms with E-state index < -0.39 is 17.4 Å². The number of carbonyl (C=O) groups is 2. The molecular weight excluding hydrogens is 256 g/mol. The predicted octanol–water partition coefficient (Wildman–Crippen LogP) is 3.03. The van der Waals surface area contributed by atoms with Crippen LogP contribution in [0.25, 0.3) is 0 Å². The highest BCUT2D eigenvalue weighted by atomic mass is 16.5. The molecule has 112 valence electrons. The quantitative estimate of drug-likeness (QED) is 0.325. The van der Waals surface area contributed by atoms with Crippen molar-refractivity contribution < 1.29 is 19.1 Å². The van der Waals surface area contributed by atoms with E-state index in [1.165, 1.54) is 14.2 Å². The van der Waals surface area contributed by atoms with Gasteiger partial charge in [-0.1, -0.05) is 37.5 Å². The molecule has 1 atom stereocenters. The first-order valence-corrected chi connectivity index (χ1v) is 7.04. The topological polar surface area (TPSA) is 52.6 Å². The minimum atomic E-state index is -1.21. The molecule has 0 spiro atoms. The normalized spacial score (nSPS) is 22.6. The molecule has 0 heterocycles. The second-order valence-corrected chi connectivity index (χ2v) is 5.21. The van der Waals surface area contributed by atoms with Crippen molar-refractivity contribution in [2.45, 2.75) is 39.0 Å². The first kappa shape index (κ1) is 16.5. The molecule has 1 fully saturated rings. The molecule has 0 aromatic heterocycles. The van der Waals surface area contributed by atoms with Gasteiger partial charge in [-0.15, -0.1) is 6.58 Å². The molecule has 0 aromatic carbocycles. The van der Waals surface area contributed by atoms with Crippen LogP contribution in [0, 0.1) is 11.3 Å². The number of unbranched alkanes of at least 4 members (excludes halogenated alkanes) is 2. The summed E-state index contributed by atoms with van der Waals surface area (Å²) in [4.78, 5) is 24.2. The number of carbonyl (C=O) groups excluding carboxylic acids is 2. The molecule has 0 bridgehead atoms. The zero-order valence-corrected chi connectivity index (χ0v) is 12.6. The van der Waals surface area contributed by atoms with Crippen LogP contribution < -0.4 is 0 Å². The van der Waals surface area contributed by atoms with Crippen LogP contribution in [0.5, 0.6) is 0 Å². The van der Waals surface area contributed by atoms with Crippen LogP contribution in [-0.4, -0.2) is 26.2 Å². The van der Waals surface area contributed by atoms with E-state index in [4.69, 9.17) is 9.47 Å². The molecule has 0 amide bonds. The molecule has 0 aromatic rings. The second-order valence-electron chi connectivity index (χ2n) is 5.21. The summed E-state index contributed by atoms with van der Waals surface area (Å²) in [6.45, 7) is 5.94. The zero-order valence-electron chi connectivity index (χ0n) is 12.6. The van der Waals surface area contributed by atoms with Gasteiger partial charge in [-0.25, -0.2) is 0 Å². The SMILES string of the molecule is C=CC1CC(C(=O)OC)(C(=O)OC)C/C1=C/CCCC. The smallest absolute Gasteiger partial charge is 0.323 e. The van der Waals surface area contributed by atoms with E-state index >= 15 is 0 Å². The highest BCUT2D eigenvalue weighted by Gasteiger charge is 2.54. The molecule has 4 nitrogen and oxygen atoms in total. The molecule has 1 unspecified atom stereocenters. The maximum atomic E-state index is 12.1. The van der Waals surface area contributed by atoms with Gasteiger partial charge in [0.15, 0.2) is 5.41 Å². The van der Waals surface area contributed by atoms with Gasteiger partial charge in [0.25, 0.3) is 0 Å². The monoisotopic (exact) mass is 280 g/mol. The Kier molecular flexibility index (Phi) is 5.99. The lowest BCUT2D eigenvalue weighted by Crippen LogP contribution is -2.39. The van der Waals surface area contributed by atoms with Crippen molar-refractivity contribution in [2.75, 3.05) is 14.2 Å². The largest absolute Gasteiger partial charge is 0.468 e. The molecule has 1 rings (SSSR count). The van der Waals surface area contributed by atoms with Crippen LogP contribution in [-0.2, 0) is 19.1 Å². The molecule has 1 aliphatic rings.